The molecule has 0 spiro atoms. The first-order valence-corrected chi connectivity index (χ1v) is 6.63. The van der Waals surface area contributed by atoms with Gasteiger partial charge < -0.3 is 9.15 Å². The second-order valence-electron chi connectivity index (χ2n) is 4.95. The van der Waals surface area contributed by atoms with Gasteiger partial charge in [0.15, 0.2) is 5.76 Å². The Kier molecular flexibility index (Phi) is 3.58. The molecule has 3 rings (SSSR count). The van der Waals surface area contributed by atoms with Crippen LogP contribution < -0.4 is 0 Å². The van der Waals surface area contributed by atoms with Gasteiger partial charge in [-0.15, -0.1) is 0 Å². The van der Waals surface area contributed by atoms with Crippen LogP contribution in [0.2, 0.25) is 0 Å². The van der Waals surface area contributed by atoms with Crippen LogP contribution in [0.15, 0.2) is 40.8 Å². The Balaban J connectivity index is 1.73. The van der Waals surface area contributed by atoms with Crippen molar-refractivity contribution in [1.29, 1.82) is 0 Å². The molecule has 0 saturated carbocycles. The number of cyclic esters (lactones) is 1. The average Bonchev–Trinajstić information content (AvgIpc) is 3.09. The molecule has 1 fully saturated rings. The number of hydrogen-bond donors (Lipinski definition) is 0. The highest BCUT2D eigenvalue weighted by Gasteiger charge is 2.41. The number of esters is 1. The van der Waals surface area contributed by atoms with Crippen LogP contribution in [-0.4, -0.2) is 24.1 Å². The Bertz CT molecular complexity index is 744. The van der Waals surface area contributed by atoms with Gasteiger partial charge in [-0.1, -0.05) is 12.1 Å². The van der Waals surface area contributed by atoms with Crippen LogP contribution in [-0.2, 0) is 20.7 Å². The second-order valence-corrected chi connectivity index (χ2v) is 4.95. The van der Waals surface area contributed by atoms with Gasteiger partial charge in [-0.05, 0) is 29.8 Å². The summed E-state index contributed by atoms with van der Waals surface area (Å²) >= 11 is 0. The zero-order valence-corrected chi connectivity index (χ0v) is 11.4. The van der Waals surface area contributed by atoms with Crippen molar-refractivity contribution < 1.29 is 27.9 Å². The largest absolute Gasteiger partial charge is 0.459 e. The fourth-order valence-electron chi connectivity index (χ4n) is 2.22. The fourth-order valence-corrected chi connectivity index (χ4v) is 2.22. The molecule has 0 aliphatic carbocycles. The second kappa shape index (κ2) is 5.55. The van der Waals surface area contributed by atoms with Gasteiger partial charge in [-0.2, -0.15) is 0 Å². The number of carbonyl (C=O) groups excluding carboxylic acids is 3. The van der Waals surface area contributed by atoms with E-state index in [0.29, 0.717) is 12.2 Å². The third-order valence-electron chi connectivity index (χ3n) is 3.41. The lowest BCUT2D eigenvalue weighted by Gasteiger charge is -2.01. The summed E-state index contributed by atoms with van der Waals surface area (Å²) in [5.41, 5.74) is 0.824. The standard InChI is InChI=1S/C16H11FO5/c17-10-3-1-9(2-4-10)7-11-5-6-13(22-11)14(18)12-8-21-16(20)15(12)19/h1-6,12H,7-8H2. The lowest BCUT2D eigenvalue weighted by atomic mass is 10.0. The molecule has 6 heteroatoms. The number of benzene rings is 1. The zero-order chi connectivity index (χ0) is 15.7. The fraction of sp³-hybridized carbons (Fsp3) is 0.188. The van der Waals surface area contributed by atoms with Crippen molar-refractivity contribution in [3.05, 3.63) is 59.3 Å². The van der Waals surface area contributed by atoms with Crippen LogP contribution in [0.5, 0.6) is 0 Å². The predicted octanol–water partition coefficient (Wildman–Crippen LogP) is 1.93. The van der Waals surface area contributed by atoms with Crippen LogP contribution in [0.3, 0.4) is 0 Å². The van der Waals surface area contributed by atoms with Crippen molar-refractivity contribution in [3.63, 3.8) is 0 Å². The van der Waals surface area contributed by atoms with Gasteiger partial charge in [0.25, 0.3) is 5.78 Å². The maximum absolute atomic E-state index is 12.8. The van der Waals surface area contributed by atoms with Gasteiger partial charge in [-0.25, -0.2) is 9.18 Å². The van der Waals surface area contributed by atoms with Gasteiger partial charge in [-0.3, -0.25) is 9.59 Å². The van der Waals surface area contributed by atoms with Crippen LogP contribution in [0.4, 0.5) is 4.39 Å². The van der Waals surface area contributed by atoms with E-state index in [1.807, 2.05) is 0 Å². The number of rotatable bonds is 4. The maximum atomic E-state index is 12.8. The van der Waals surface area contributed by atoms with Crippen LogP contribution in [0, 0.1) is 11.7 Å². The number of furan rings is 1. The van der Waals surface area contributed by atoms with E-state index >= 15 is 0 Å². The highest BCUT2D eigenvalue weighted by molar-refractivity contribution is 6.41. The third kappa shape index (κ3) is 2.67. The van der Waals surface area contributed by atoms with Gasteiger partial charge in [0.05, 0.1) is 0 Å². The van der Waals surface area contributed by atoms with Crippen LogP contribution in [0.25, 0.3) is 0 Å². The molecular formula is C16H11FO5. The zero-order valence-electron chi connectivity index (χ0n) is 11.4. The molecule has 1 atom stereocenters. The summed E-state index contributed by atoms with van der Waals surface area (Å²) in [6.45, 7) is -0.246. The van der Waals surface area contributed by atoms with Gasteiger partial charge in [0.2, 0.25) is 5.78 Å². The van der Waals surface area contributed by atoms with E-state index in [2.05, 4.69) is 4.74 Å². The quantitative estimate of drug-likeness (QED) is 0.373. The van der Waals surface area contributed by atoms with Crippen molar-refractivity contribution in [2.45, 2.75) is 6.42 Å². The van der Waals surface area contributed by atoms with Crippen molar-refractivity contribution >= 4 is 17.5 Å². The molecule has 1 unspecified atom stereocenters. The van der Waals surface area contributed by atoms with Crippen LogP contribution in [0.1, 0.15) is 21.9 Å². The van der Waals surface area contributed by atoms with Gasteiger partial charge in [0.1, 0.15) is 24.1 Å². The summed E-state index contributed by atoms with van der Waals surface area (Å²) in [7, 11) is 0. The summed E-state index contributed by atoms with van der Waals surface area (Å²) < 4.78 is 22.8. The third-order valence-corrected chi connectivity index (χ3v) is 3.41. The Hall–Kier alpha value is -2.76. The maximum Gasteiger partial charge on any atom is 0.375 e. The van der Waals surface area contributed by atoms with E-state index in [4.69, 9.17) is 4.42 Å². The average molecular weight is 302 g/mol. The van der Waals surface area contributed by atoms with Gasteiger partial charge >= 0.3 is 5.97 Å². The van der Waals surface area contributed by atoms with Crippen molar-refractivity contribution in [2.75, 3.05) is 6.61 Å². The molecule has 2 aromatic rings. The van der Waals surface area contributed by atoms with E-state index in [1.54, 1.807) is 18.2 Å². The molecule has 1 aromatic carbocycles. The van der Waals surface area contributed by atoms with Crippen molar-refractivity contribution in [1.82, 2.24) is 0 Å². The Labute approximate surface area is 124 Å². The molecule has 112 valence electrons. The van der Waals surface area contributed by atoms with E-state index in [-0.39, 0.29) is 18.2 Å². The van der Waals surface area contributed by atoms with E-state index in [1.165, 1.54) is 18.2 Å². The minimum absolute atomic E-state index is 0.00811. The Morgan fingerprint density at radius 2 is 1.86 bits per heavy atom. The van der Waals surface area contributed by atoms with Crippen molar-refractivity contribution in [2.24, 2.45) is 5.92 Å². The highest BCUT2D eigenvalue weighted by Crippen LogP contribution is 2.20. The van der Waals surface area contributed by atoms with Gasteiger partial charge in [0, 0.05) is 6.42 Å². The summed E-state index contributed by atoms with van der Waals surface area (Å²) in [5.74, 6) is -3.35. The lowest BCUT2D eigenvalue weighted by molar-refractivity contribution is -0.147. The predicted molar refractivity (Wildman–Crippen MR) is 71.7 cm³/mol. The van der Waals surface area contributed by atoms with E-state index in [9.17, 15) is 18.8 Å². The number of Topliss-reactive ketones (excluding diaryl/α,β-unsaturated/α-hetero) is 2. The lowest BCUT2D eigenvalue weighted by Crippen LogP contribution is -2.23. The Morgan fingerprint density at radius 1 is 1.14 bits per heavy atom. The summed E-state index contributed by atoms with van der Waals surface area (Å²) in [4.78, 5) is 34.6. The molecule has 0 radical (unpaired) electrons. The summed E-state index contributed by atoms with van der Waals surface area (Å²) in [6.07, 6.45) is 0.390. The number of ketones is 2. The first-order valence-electron chi connectivity index (χ1n) is 6.63. The normalized spacial score (nSPS) is 17.6. The summed E-state index contributed by atoms with van der Waals surface area (Å²) in [5, 5.41) is 0. The minimum Gasteiger partial charge on any atom is -0.459 e. The molecule has 1 aromatic heterocycles. The molecule has 5 nitrogen and oxygen atoms in total. The number of ether oxygens (including phenoxy) is 1. The molecule has 22 heavy (non-hydrogen) atoms. The number of halogens is 1. The molecule has 1 saturated heterocycles. The molecule has 0 amide bonds. The van der Waals surface area contributed by atoms with E-state index < -0.39 is 23.5 Å². The number of hydrogen-bond acceptors (Lipinski definition) is 5. The molecular weight excluding hydrogens is 291 g/mol. The highest BCUT2D eigenvalue weighted by atomic mass is 19.1. The molecule has 1 aliphatic rings. The summed E-state index contributed by atoms with van der Waals surface area (Å²) in [6, 6.07) is 8.98. The van der Waals surface area contributed by atoms with Crippen molar-refractivity contribution in [3.8, 4) is 0 Å². The molecule has 0 N–H and O–H groups in total. The SMILES string of the molecule is O=C1OCC(C(=O)c2ccc(Cc3ccc(F)cc3)o2)C1=O. The smallest absolute Gasteiger partial charge is 0.375 e. The molecule has 2 heterocycles. The first kappa shape index (κ1) is 14.2. The van der Waals surface area contributed by atoms with Crippen LogP contribution >= 0.6 is 0 Å². The molecule has 1 aliphatic heterocycles. The Morgan fingerprint density at radius 3 is 2.50 bits per heavy atom. The first-order chi connectivity index (χ1) is 10.5. The minimum atomic E-state index is -1.13. The molecule has 0 bridgehead atoms. The number of carbonyl (C=O) groups is 3. The van der Waals surface area contributed by atoms with E-state index in [0.717, 1.165) is 5.56 Å². The topological polar surface area (TPSA) is 73.6 Å². The monoisotopic (exact) mass is 302 g/mol.